The number of H-pyrrole nitrogens is 1. The molecule has 0 bridgehead atoms. The van der Waals surface area contributed by atoms with Crippen molar-refractivity contribution in [2.24, 2.45) is 10.9 Å². The Kier molecular flexibility index (Phi) is 7.91. The molecule has 2 aromatic carbocycles. The lowest BCUT2D eigenvalue weighted by molar-refractivity contribution is -0.146. The molecule has 8 nitrogen and oxygen atoms in total. The van der Waals surface area contributed by atoms with E-state index in [0.29, 0.717) is 5.56 Å². The maximum Gasteiger partial charge on any atom is 0.416 e. The smallest absolute Gasteiger partial charge is 0.416 e. The van der Waals surface area contributed by atoms with E-state index in [1.165, 1.54) is 12.1 Å². The Morgan fingerprint density at radius 2 is 1.75 bits per heavy atom. The lowest BCUT2D eigenvalue weighted by atomic mass is 10.1. The number of carbonyl (C=O) groups excluding carboxylic acids is 2. The van der Waals surface area contributed by atoms with Gasteiger partial charge < -0.3 is 25.6 Å². The fraction of sp³-hybridized carbons (Fsp3) is 0.320. The van der Waals surface area contributed by atoms with Crippen LogP contribution in [0.5, 0.6) is 0 Å². The summed E-state index contributed by atoms with van der Waals surface area (Å²) in [6.07, 6.45) is -3.50. The third-order valence-corrected chi connectivity index (χ3v) is 4.99. The van der Waals surface area contributed by atoms with Crippen molar-refractivity contribution in [3.63, 3.8) is 0 Å². The number of aromatic amines is 1. The van der Waals surface area contributed by atoms with E-state index in [-0.39, 0.29) is 18.7 Å². The number of carbonyl (C=O) groups is 2. The average Bonchev–Trinajstić information content (AvgIpc) is 3.18. The predicted octanol–water partition coefficient (Wildman–Crippen LogP) is 4.68. The van der Waals surface area contributed by atoms with E-state index in [0.717, 1.165) is 28.6 Å². The lowest BCUT2D eigenvalue weighted by Crippen LogP contribution is -2.45. The molecule has 192 valence electrons. The highest BCUT2D eigenvalue weighted by molar-refractivity contribution is 5.87. The van der Waals surface area contributed by atoms with Gasteiger partial charge in [0.1, 0.15) is 17.5 Å². The number of halogens is 3. The first-order valence-corrected chi connectivity index (χ1v) is 11.1. The van der Waals surface area contributed by atoms with Crippen molar-refractivity contribution in [3.8, 4) is 0 Å². The summed E-state index contributed by atoms with van der Waals surface area (Å²) in [5, 5.41) is 6.98. The summed E-state index contributed by atoms with van der Waals surface area (Å²) in [6, 6.07) is 10.7. The van der Waals surface area contributed by atoms with Crippen LogP contribution in [-0.2, 0) is 33.4 Å². The van der Waals surface area contributed by atoms with Crippen LogP contribution in [0.3, 0.4) is 0 Å². The summed E-state index contributed by atoms with van der Waals surface area (Å²) in [5.74, 6) is -1.02. The van der Waals surface area contributed by atoms with Crippen LogP contribution in [0, 0.1) is 0 Å². The third kappa shape index (κ3) is 7.49. The molecule has 0 aliphatic heterocycles. The Hall–Kier alpha value is -4.02. The first-order valence-electron chi connectivity index (χ1n) is 11.1. The highest BCUT2D eigenvalue weighted by atomic mass is 19.4. The van der Waals surface area contributed by atoms with Gasteiger partial charge in [-0.05, 0) is 50.1 Å². The highest BCUT2D eigenvalue weighted by Crippen LogP contribution is 2.29. The zero-order valence-electron chi connectivity index (χ0n) is 20.0. The zero-order chi connectivity index (χ0) is 26.5. The molecule has 11 heteroatoms. The highest BCUT2D eigenvalue weighted by Gasteiger charge is 2.30. The molecule has 0 unspecified atom stereocenters. The molecule has 0 spiro atoms. The molecule has 4 N–H and O–H groups in total. The van der Waals surface area contributed by atoms with Gasteiger partial charge in [0, 0.05) is 29.9 Å². The number of nitrogens with one attached hydrogen (secondary N) is 2. The maximum atomic E-state index is 12.8. The van der Waals surface area contributed by atoms with Crippen LogP contribution in [0.2, 0.25) is 0 Å². The number of hydrogen-bond acceptors (Lipinski definition) is 5. The van der Waals surface area contributed by atoms with Crippen molar-refractivity contribution in [1.29, 1.82) is 0 Å². The Labute approximate surface area is 205 Å². The van der Waals surface area contributed by atoms with Gasteiger partial charge >= 0.3 is 18.2 Å². The molecule has 0 aliphatic carbocycles. The maximum absolute atomic E-state index is 12.8. The van der Waals surface area contributed by atoms with Gasteiger partial charge in [-0.3, -0.25) is 0 Å². The van der Waals surface area contributed by atoms with E-state index in [1.807, 2.05) is 24.3 Å². The summed E-state index contributed by atoms with van der Waals surface area (Å²) in [7, 11) is 0. The quantitative estimate of drug-likeness (QED) is 0.187. The minimum absolute atomic E-state index is 0.0436. The number of alkyl halides is 3. The number of rotatable bonds is 7. The molecule has 0 aliphatic rings. The number of amidine groups is 1. The van der Waals surface area contributed by atoms with Crippen LogP contribution in [0.1, 0.15) is 37.5 Å². The minimum Gasteiger partial charge on any atom is -0.444 e. The number of hydrogen-bond donors (Lipinski definition) is 3. The molecule has 36 heavy (non-hydrogen) atoms. The van der Waals surface area contributed by atoms with Crippen LogP contribution < -0.4 is 11.1 Å². The molecule has 1 amide bonds. The first-order chi connectivity index (χ1) is 16.8. The van der Waals surface area contributed by atoms with Gasteiger partial charge in [-0.2, -0.15) is 13.2 Å². The number of fused-ring (bicyclic) bond motifs is 1. The molecule has 0 saturated heterocycles. The minimum atomic E-state index is -4.45. The van der Waals surface area contributed by atoms with Crippen LogP contribution in [0.15, 0.2) is 59.9 Å². The number of aromatic nitrogens is 1. The number of nitrogens with two attached hydrogens (primary N) is 1. The molecule has 0 saturated carbocycles. The fourth-order valence-corrected chi connectivity index (χ4v) is 3.38. The second-order valence-corrected chi connectivity index (χ2v) is 9.13. The van der Waals surface area contributed by atoms with Gasteiger partial charge in [0.2, 0.25) is 0 Å². The topological polar surface area (TPSA) is 119 Å². The summed E-state index contributed by atoms with van der Waals surface area (Å²) in [5.41, 5.74) is 6.29. The molecule has 1 heterocycles. The van der Waals surface area contributed by atoms with Gasteiger partial charge in [-0.1, -0.05) is 35.5 Å². The normalized spacial score (nSPS) is 13.3. The largest absolute Gasteiger partial charge is 0.444 e. The zero-order valence-corrected chi connectivity index (χ0v) is 20.0. The molecular formula is C25H27F3N4O4. The number of para-hydroxylation sites is 1. The van der Waals surface area contributed by atoms with Crippen molar-refractivity contribution in [2.45, 2.75) is 51.4 Å². The average molecular weight is 505 g/mol. The van der Waals surface area contributed by atoms with Crippen molar-refractivity contribution in [2.75, 3.05) is 0 Å². The van der Waals surface area contributed by atoms with Crippen molar-refractivity contribution < 1.29 is 32.3 Å². The van der Waals surface area contributed by atoms with E-state index >= 15 is 0 Å². The second-order valence-electron chi connectivity index (χ2n) is 9.13. The molecule has 1 aromatic heterocycles. The monoisotopic (exact) mass is 504 g/mol. The van der Waals surface area contributed by atoms with Crippen LogP contribution in [-0.4, -0.2) is 34.5 Å². The van der Waals surface area contributed by atoms with Gasteiger partial charge in [-0.25, -0.2) is 9.59 Å². The predicted molar refractivity (Wildman–Crippen MR) is 128 cm³/mol. The van der Waals surface area contributed by atoms with Gasteiger partial charge in [-0.15, -0.1) is 0 Å². The number of benzene rings is 2. The summed E-state index contributed by atoms with van der Waals surface area (Å²) >= 11 is 0. The number of amides is 1. The summed E-state index contributed by atoms with van der Waals surface area (Å²) in [6.45, 7) is 5.06. The van der Waals surface area contributed by atoms with Crippen LogP contribution in [0.25, 0.3) is 10.9 Å². The first kappa shape index (κ1) is 26.6. The van der Waals surface area contributed by atoms with Crippen molar-refractivity contribution in [3.05, 3.63) is 71.4 Å². The van der Waals surface area contributed by atoms with Gasteiger partial charge in [0.05, 0.1) is 5.56 Å². The van der Waals surface area contributed by atoms with Gasteiger partial charge in [0.25, 0.3) is 0 Å². The van der Waals surface area contributed by atoms with Gasteiger partial charge in [0.15, 0.2) is 0 Å². The third-order valence-electron chi connectivity index (χ3n) is 4.99. The molecule has 3 rings (SSSR count). The molecule has 0 radical (unpaired) electrons. The Morgan fingerprint density at radius 1 is 1.08 bits per heavy atom. The molecule has 3 aromatic rings. The van der Waals surface area contributed by atoms with Crippen molar-refractivity contribution in [1.82, 2.24) is 10.3 Å². The summed E-state index contributed by atoms with van der Waals surface area (Å²) in [4.78, 5) is 33.3. The lowest BCUT2D eigenvalue weighted by Gasteiger charge is -2.22. The number of nitrogens with zero attached hydrogens (tertiary/aromatic N) is 1. The SMILES string of the molecule is CC(C)(C)OC(=O)N[C@@H](Cc1c[nH]c2ccccc12)C(=O)O/N=C(\N)Cc1ccc(C(F)(F)F)cc1. The Morgan fingerprint density at radius 3 is 2.39 bits per heavy atom. The van der Waals surface area contributed by atoms with E-state index in [2.05, 4.69) is 15.5 Å². The van der Waals surface area contributed by atoms with E-state index in [9.17, 15) is 22.8 Å². The van der Waals surface area contributed by atoms with Crippen molar-refractivity contribution >= 4 is 28.8 Å². The standard InChI is InChI=1S/C25H27F3N4O4/c1-24(2,3)35-23(34)31-20(13-16-14-30-19-7-5-4-6-18(16)19)22(33)36-32-21(29)12-15-8-10-17(11-9-15)25(26,27)28/h4-11,14,20,30H,12-13H2,1-3H3,(H2,29,32)(H,31,34)/t20-/m0/s1. The van der Waals surface area contributed by atoms with E-state index in [4.69, 9.17) is 15.3 Å². The second kappa shape index (κ2) is 10.7. The molecule has 0 fully saturated rings. The number of ether oxygens (including phenoxy) is 1. The molecule has 1 atom stereocenters. The van der Waals surface area contributed by atoms with E-state index < -0.39 is 35.4 Å². The fourth-order valence-electron chi connectivity index (χ4n) is 3.38. The number of oxime groups is 1. The van der Waals surface area contributed by atoms with Crippen LogP contribution in [0.4, 0.5) is 18.0 Å². The Balaban J connectivity index is 1.71. The summed E-state index contributed by atoms with van der Waals surface area (Å²) < 4.78 is 43.4. The molecular weight excluding hydrogens is 477 g/mol. The number of alkyl carbamates (subject to hydrolysis) is 1. The van der Waals surface area contributed by atoms with Crippen LogP contribution >= 0.6 is 0 Å². The van der Waals surface area contributed by atoms with E-state index in [1.54, 1.807) is 27.0 Å². The Bertz CT molecular complexity index is 1240.